The number of ether oxygens (including phenoxy) is 1. The summed E-state index contributed by atoms with van der Waals surface area (Å²) in [5.41, 5.74) is 3.57. The number of hydrogen-bond acceptors (Lipinski definition) is 4. The summed E-state index contributed by atoms with van der Waals surface area (Å²) >= 11 is 0. The molecule has 5 nitrogen and oxygen atoms in total. The van der Waals surface area contributed by atoms with Gasteiger partial charge in [-0.1, -0.05) is 19.2 Å². The second-order valence-corrected chi connectivity index (χ2v) is 5.66. The van der Waals surface area contributed by atoms with Crippen molar-refractivity contribution in [2.75, 3.05) is 7.11 Å². The predicted molar refractivity (Wildman–Crippen MR) is 97.3 cm³/mol. The third-order valence-corrected chi connectivity index (χ3v) is 4.14. The largest absolute Gasteiger partial charge is 0.497 e. The van der Waals surface area contributed by atoms with Crippen LogP contribution >= 0.6 is 0 Å². The Morgan fingerprint density at radius 3 is 2.60 bits per heavy atom. The molecule has 0 atom stereocenters. The molecule has 1 N–H and O–H groups in total. The first-order valence-corrected chi connectivity index (χ1v) is 7.81. The number of fused-ring (bicyclic) bond motifs is 1. The van der Waals surface area contributed by atoms with Gasteiger partial charge in [0.1, 0.15) is 5.75 Å². The maximum Gasteiger partial charge on any atom is 0.181 e. The number of hydrogen-bond donors (Lipinski definition) is 1. The van der Waals surface area contributed by atoms with Crippen LogP contribution in [0.4, 0.5) is 0 Å². The highest BCUT2D eigenvalue weighted by molar-refractivity contribution is 5.71. The van der Waals surface area contributed by atoms with Crippen LogP contribution in [0.15, 0.2) is 72.3 Å². The first-order chi connectivity index (χ1) is 12.2. The predicted octanol–water partition coefficient (Wildman–Crippen LogP) is 2.63. The van der Waals surface area contributed by atoms with E-state index >= 15 is 0 Å². The van der Waals surface area contributed by atoms with Crippen LogP contribution < -0.4 is 15.3 Å². The molecule has 1 aromatic heterocycles. The molecule has 5 heteroatoms. The molecule has 122 valence electrons. The Bertz CT molecular complexity index is 1110. The smallest absolute Gasteiger partial charge is 0.181 e. The molecule has 0 saturated heterocycles. The molecule has 1 aliphatic heterocycles. The fraction of sp³-hybridized carbons (Fsp3) is 0.0500. The van der Waals surface area contributed by atoms with Gasteiger partial charge < -0.3 is 4.74 Å². The summed E-state index contributed by atoms with van der Waals surface area (Å²) in [6.07, 6.45) is 1.71. The Hall–Kier alpha value is -3.47. The number of nitrogens with zero attached hydrogens (tertiary/aromatic N) is 3. The average Bonchev–Trinajstić information content (AvgIpc) is 3.12. The minimum atomic E-state index is 0.643. The molecule has 0 aliphatic carbocycles. The Morgan fingerprint density at radius 2 is 1.88 bits per heavy atom. The Kier molecular flexibility index (Phi) is 3.54. The van der Waals surface area contributed by atoms with Crippen molar-refractivity contribution in [3.63, 3.8) is 0 Å². The van der Waals surface area contributed by atoms with Crippen LogP contribution in [0.25, 0.3) is 28.5 Å². The minimum Gasteiger partial charge on any atom is -0.497 e. The second kappa shape index (κ2) is 5.87. The van der Waals surface area contributed by atoms with Crippen LogP contribution in [-0.2, 0) is 0 Å². The van der Waals surface area contributed by atoms with Gasteiger partial charge in [-0.25, -0.2) is 9.98 Å². The second-order valence-electron chi connectivity index (χ2n) is 5.66. The van der Waals surface area contributed by atoms with Gasteiger partial charge in [0.05, 0.1) is 18.2 Å². The molecule has 3 aromatic rings. The molecule has 4 rings (SSSR count). The highest BCUT2D eigenvalue weighted by Gasteiger charge is 2.13. The van der Waals surface area contributed by atoms with Gasteiger partial charge in [-0.3, -0.25) is 5.10 Å². The minimum absolute atomic E-state index is 0.643. The number of H-pyrrole nitrogens is 1. The molecule has 0 radical (unpaired) electrons. The summed E-state index contributed by atoms with van der Waals surface area (Å²) in [5, 5.41) is 9.34. The van der Waals surface area contributed by atoms with Crippen molar-refractivity contribution in [1.82, 2.24) is 15.2 Å². The molecule has 0 fully saturated rings. The van der Waals surface area contributed by atoms with E-state index in [0.29, 0.717) is 11.6 Å². The van der Waals surface area contributed by atoms with Gasteiger partial charge >= 0.3 is 0 Å². The van der Waals surface area contributed by atoms with Gasteiger partial charge in [-0.15, -0.1) is 0 Å². The molecule has 2 aromatic carbocycles. The van der Waals surface area contributed by atoms with Crippen LogP contribution in [0.3, 0.4) is 0 Å². The zero-order chi connectivity index (χ0) is 17.4. The number of aromatic amines is 1. The standard InChI is InChI=1S/C20H16N4O/c1-4-12(2)18-16-11-14(7-10-17(16)21-18)20-22-19(23-24-20)13-5-8-15(25-3)9-6-13/h4-11H,1-2H2,3H3,(H,22,23,24). The van der Waals surface area contributed by atoms with E-state index in [1.165, 1.54) is 0 Å². The first kappa shape index (κ1) is 15.1. The van der Waals surface area contributed by atoms with Crippen LogP contribution in [0.5, 0.6) is 5.75 Å². The van der Waals surface area contributed by atoms with E-state index in [4.69, 9.17) is 4.74 Å². The molecule has 0 amide bonds. The highest BCUT2D eigenvalue weighted by Crippen LogP contribution is 2.22. The third kappa shape index (κ3) is 2.55. The summed E-state index contributed by atoms with van der Waals surface area (Å²) in [7, 11) is 1.64. The molecular formula is C20H16N4O. The highest BCUT2D eigenvalue weighted by atomic mass is 16.5. The lowest BCUT2D eigenvalue weighted by molar-refractivity contribution is 0.415. The van der Waals surface area contributed by atoms with Gasteiger partial charge in [-0.2, -0.15) is 5.10 Å². The van der Waals surface area contributed by atoms with Crippen LogP contribution in [0.1, 0.15) is 0 Å². The SMILES string of the molecule is C=CC(=C)C1=c2cc(-c3n[nH]c(-c4ccc(OC)cc4)n3)ccc2=N1. The third-order valence-electron chi connectivity index (χ3n) is 4.14. The normalized spacial score (nSPS) is 12.0. The molecule has 1 aliphatic rings. The molecule has 0 saturated carbocycles. The van der Waals surface area contributed by atoms with E-state index in [1.54, 1.807) is 13.2 Å². The van der Waals surface area contributed by atoms with Crippen molar-refractivity contribution in [2.45, 2.75) is 0 Å². The van der Waals surface area contributed by atoms with Crippen LogP contribution in [0, 0.1) is 0 Å². The zero-order valence-corrected chi connectivity index (χ0v) is 13.8. The van der Waals surface area contributed by atoms with E-state index in [2.05, 4.69) is 33.3 Å². The molecule has 0 bridgehead atoms. The summed E-state index contributed by atoms with van der Waals surface area (Å²) in [6, 6.07) is 13.6. The van der Waals surface area contributed by atoms with Gasteiger partial charge in [0.2, 0.25) is 0 Å². The quantitative estimate of drug-likeness (QED) is 0.732. The molecule has 0 unspecified atom stereocenters. The summed E-state index contributed by atoms with van der Waals surface area (Å²) in [5.74, 6) is 2.16. The fourth-order valence-electron chi connectivity index (χ4n) is 2.70. The van der Waals surface area contributed by atoms with Crippen molar-refractivity contribution in [3.8, 4) is 28.5 Å². The Balaban J connectivity index is 1.70. The maximum atomic E-state index is 5.18. The van der Waals surface area contributed by atoms with Crippen molar-refractivity contribution in [1.29, 1.82) is 0 Å². The monoisotopic (exact) mass is 328 g/mol. The lowest BCUT2D eigenvalue weighted by atomic mass is 10.0. The lowest BCUT2D eigenvalue weighted by Gasteiger charge is -2.10. The van der Waals surface area contributed by atoms with Crippen molar-refractivity contribution in [2.24, 2.45) is 4.99 Å². The topological polar surface area (TPSA) is 63.2 Å². The van der Waals surface area contributed by atoms with Crippen molar-refractivity contribution < 1.29 is 4.74 Å². The number of aromatic nitrogens is 3. The number of nitrogens with one attached hydrogen (secondary N) is 1. The van der Waals surface area contributed by atoms with Crippen LogP contribution in [-0.4, -0.2) is 22.3 Å². The molecule has 2 heterocycles. The maximum absolute atomic E-state index is 5.18. The van der Waals surface area contributed by atoms with Gasteiger partial charge in [-0.05, 0) is 48.0 Å². The lowest BCUT2D eigenvalue weighted by Crippen LogP contribution is -2.35. The number of methoxy groups -OCH3 is 1. The zero-order valence-electron chi connectivity index (χ0n) is 13.8. The van der Waals surface area contributed by atoms with E-state index in [9.17, 15) is 0 Å². The number of rotatable bonds is 5. The van der Waals surface area contributed by atoms with E-state index < -0.39 is 0 Å². The van der Waals surface area contributed by atoms with Gasteiger partial charge in [0, 0.05) is 16.3 Å². The molecule has 25 heavy (non-hydrogen) atoms. The van der Waals surface area contributed by atoms with E-state index in [0.717, 1.165) is 38.7 Å². The van der Waals surface area contributed by atoms with Gasteiger partial charge in [0.15, 0.2) is 11.6 Å². The summed E-state index contributed by atoms with van der Waals surface area (Å²) in [4.78, 5) is 9.05. The Labute approximate surface area is 144 Å². The van der Waals surface area contributed by atoms with E-state index in [1.807, 2.05) is 42.5 Å². The number of benzene rings is 2. The molecular weight excluding hydrogens is 312 g/mol. The van der Waals surface area contributed by atoms with Crippen LogP contribution in [0.2, 0.25) is 0 Å². The Morgan fingerprint density at radius 1 is 1.12 bits per heavy atom. The summed E-state index contributed by atoms with van der Waals surface area (Å²) < 4.78 is 5.18. The van der Waals surface area contributed by atoms with Crippen molar-refractivity contribution >= 4 is 5.70 Å². The summed E-state index contributed by atoms with van der Waals surface area (Å²) in [6.45, 7) is 7.71. The first-order valence-electron chi connectivity index (χ1n) is 7.81. The fourth-order valence-corrected chi connectivity index (χ4v) is 2.70. The average molecular weight is 328 g/mol. The molecule has 0 spiro atoms. The van der Waals surface area contributed by atoms with Gasteiger partial charge in [0.25, 0.3) is 0 Å². The van der Waals surface area contributed by atoms with E-state index in [-0.39, 0.29) is 0 Å². The van der Waals surface area contributed by atoms with Crippen molar-refractivity contribution in [3.05, 3.63) is 77.8 Å².